The molecule has 0 radical (unpaired) electrons. The third-order valence-electron chi connectivity index (χ3n) is 4.31. The predicted molar refractivity (Wildman–Crippen MR) is 121 cm³/mol. The summed E-state index contributed by atoms with van der Waals surface area (Å²) in [5.74, 6) is 0.739. The van der Waals surface area contributed by atoms with Gasteiger partial charge in [-0.25, -0.2) is 8.42 Å². The molecule has 160 valence electrons. The minimum atomic E-state index is -3.88. The van der Waals surface area contributed by atoms with Crippen LogP contribution in [0.1, 0.15) is 5.56 Å². The molecule has 0 saturated heterocycles. The van der Waals surface area contributed by atoms with Crippen LogP contribution in [0, 0.1) is 0 Å². The van der Waals surface area contributed by atoms with Crippen LogP contribution < -0.4 is 19.5 Å². The van der Waals surface area contributed by atoms with Gasteiger partial charge in [0.2, 0.25) is 5.91 Å². The van der Waals surface area contributed by atoms with Crippen LogP contribution in [0.4, 0.5) is 11.4 Å². The lowest BCUT2D eigenvalue weighted by molar-refractivity contribution is -0.111. The zero-order valence-corrected chi connectivity index (χ0v) is 17.8. The number of ether oxygens (including phenoxy) is 2. The number of hydrogen-bond acceptors (Lipinski definition) is 5. The molecule has 0 bridgehead atoms. The van der Waals surface area contributed by atoms with Crippen LogP contribution in [0.2, 0.25) is 0 Å². The number of nitrogens with one attached hydrogen (secondary N) is 2. The molecule has 0 aliphatic carbocycles. The van der Waals surface area contributed by atoms with E-state index in [-0.39, 0.29) is 10.8 Å². The number of rotatable bonds is 8. The number of anilines is 2. The quantitative estimate of drug-likeness (QED) is 0.515. The number of methoxy groups -OCH3 is 2. The van der Waals surface area contributed by atoms with Gasteiger partial charge in [0, 0.05) is 11.8 Å². The average Bonchev–Trinajstić information content (AvgIpc) is 2.78. The maximum Gasteiger partial charge on any atom is 0.262 e. The van der Waals surface area contributed by atoms with Gasteiger partial charge in [0.1, 0.15) is 11.5 Å². The maximum absolute atomic E-state index is 12.8. The highest BCUT2D eigenvalue weighted by molar-refractivity contribution is 7.92. The van der Waals surface area contributed by atoms with Crippen molar-refractivity contribution in [2.24, 2.45) is 0 Å². The molecule has 31 heavy (non-hydrogen) atoms. The van der Waals surface area contributed by atoms with Crippen molar-refractivity contribution in [2.45, 2.75) is 4.90 Å². The Balaban J connectivity index is 1.71. The van der Waals surface area contributed by atoms with Crippen molar-refractivity contribution >= 4 is 33.4 Å². The summed E-state index contributed by atoms with van der Waals surface area (Å²) in [6, 6.07) is 19.9. The molecule has 0 fully saturated rings. The van der Waals surface area contributed by atoms with Gasteiger partial charge in [0.25, 0.3) is 10.0 Å². The van der Waals surface area contributed by atoms with Crippen molar-refractivity contribution in [3.63, 3.8) is 0 Å². The molecule has 0 spiro atoms. The Kier molecular flexibility index (Phi) is 6.94. The molecular weight excluding hydrogens is 416 g/mol. The second-order valence-electron chi connectivity index (χ2n) is 6.43. The zero-order valence-electron chi connectivity index (χ0n) is 17.0. The lowest BCUT2D eigenvalue weighted by atomic mass is 10.2. The summed E-state index contributed by atoms with van der Waals surface area (Å²) >= 11 is 0. The Morgan fingerprint density at radius 3 is 2.35 bits per heavy atom. The van der Waals surface area contributed by atoms with E-state index in [1.165, 1.54) is 25.3 Å². The van der Waals surface area contributed by atoms with Gasteiger partial charge in [-0.15, -0.1) is 0 Å². The van der Waals surface area contributed by atoms with Crippen molar-refractivity contribution in [1.82, 2.24) is 0 Å². The van der Waals surface area contributed by atoms with Crippen LogP contribution in [0.3, 0.4) is 0 Å². The van der Waals surface area contributed by atoms with Crippen LogP contribution in [-0.4, -0.2) is 28.5 Å². The number of sulfonamides is 1. The fourth-order valence-electron chi connectivity index (χ4n) is 2.74. The number of hydrogen-bond donors (Lipinski definition) is 2. The Morgan fingerprint density at radius 1 is 0.903 bits per heavy atom. The van der Waals surface area contributed by atoms with Gasteiger partial charge in [-0.05, 0) is 54.1 Å². The molecule has 0 saturated carbocycles. The highest BCUT2D eigenvalue weighted by Crippen LogP contribution is 2.26. The monoisotopic (exact) mass is 438 g/mol. The first-order valence-corrected chi connectivity index (χ1v) is 10.8. The second-order valence-corrected chi connectivity index (χ2v) is 8.11. The fourth-order valence-corrected chi connectivity index (χ4v) is 3.86. The molecule has 1 amide bonds. The normalized spacial score (nSPS) is 11.2. The molecule has 0 atom stereocenters. The third-order valence-corrected chi connectivity index (χ3v) is 5.67. The summed E-state index contributed by atoms with van der Waals surface area (Å²) in [5.41, 5.74) is 1.50. The van der Waals surface area contributed by atoms with Crippen LogP contribution in [0.5, 0.6) is 11.5 Å². The number of para-hydroxylation sites is 2. The lowest BCUT2D eigenvalue weighted by Crippen LogP contribution is -2.14. The highest BCUT2D eigenvalue weighted by Gasteiger charge is 2.17. The minimum absolute atomic E-state index is 0.00957. The summed E-state index contributed by atoms with van der Waals surface area (Å²) in [4.78, 5) is 12.2. The predicted octanol–water partition coefficient (Wildman–Crippen LogP) is 4.16. The summed E-state index contributed by atoms with van der Waals surface area (Å²) in [5, 5.41) is 2.67. The first-order chi connectivity index (χ1) is 14.9. The summed E-state index contributed by atoms with van der Waals surface area (Å²) in [6.07, 6.45) is 3.02. The molecule has 0 heterocycles. The third kappa shape index (κ3) is 5.86. The van der Waals surface area contributed by atoms with E-state index in [0.717, 1.165) is 11.3 Å². The molecule has 3 aromatic carbocycles. The van der Waals surface area contributed by atoms with Gasteiger partial charge in [-0.2, -0.15) is 0 Å². The van der Waals surface area contributed by atoms with E-state index in [1.807, 2.05) is 12.1 Å². The van der Waals surface area contributed by atoms with Gasteiger partial charge < -0.3 is 14.8 Å². The molecule has 0 aromatic heterocycles. The Hall–Kier alpha value is -3.78. The van der Waals surface area contributed by atoms with Crippen molar-refractivity contribution in [1.29, 1.82) is 0 Å². The van der Waals surface area contributed by atoms with Gasteiger partial charge >= 0.3 is 0 Å². The van der Waals surface area contributed by atoms with E-state index in [1.54, 1.807) is 61.7 Å². The van der Waals surface area contributed by atoms with Gasteiger partial charge in [0.15, 0.2) is 0 Å². The van der Waals surface area contributed by atoms with Crippen molar-refractivity contribution in [3.05, 3.63) is 84.4 Å². The number of carbonyl (C=O) groups is 1. The fraction of sp³-hybridized carbons (Fsp3) is 0.0870. The lowest BCUT2D eigenvalue weighted by Gasteiger charge is -2.12. The second kappa shape index (κ2) is 9.82. The highest BCUT2D eigenvalue weighted by atomic mass is 32.2. The standard InChI is InChI=1S/C23H22N2O5S/c1-29-19-13-10-17(11-14-19)12-15-23(26)24-18-6-5-7-20(16-18)31(27,28)25-21-8-3-4-9-22(21)30-2/h3-16,25H,1-2H3,(H,24,26)/b15-12+. The molecule has 7 nitrogen and oxygen atoms in total. The zero-order chi connectivity index (χ0) is 22.3. The molecule has 3 aromatic rings. The van der Waals surface area contributed by atoms with Crippen molar-refractivity contribution in [3.8, 4) is 11.5 Å². The van der Waals surface area contributed by atoms with E-state index in [4.69, 9.17) is 9.47 Å². The van der Waals surface area contributed by atoms with E-state index in [0.29, 0.717) is 17.1 Å². The van der Waals surface area contributed by atoms with Crippen LogP contribution in [0.15, 0.2) is 83.8 Å². The van der Waals surface area contributed by atoms with Crippen molar-refractivity contribution < 1.29 is 22.7 Å². The van der Waals surface area contributed by atoms with Crippen LogP contribution in [-0.2, 0) is 14.8 Å². The molecule has 3 rings (SSSR count). The smallest absolute Gasteiger partial charge is 0.262 e. The van der Waals surface area contributed by atoms with Gasteiger partial charge in [0.05, 0.1) is 24.8 Å². The molecule has 0 unspecified atom stereocenters. The SMILES string of the molecule is COc1ccc(/C=C/C(=O)Nc2cccc(S(=O)(=O)Nc3ccccc3OC)c2)cc1. The minimum Gasteiger partial charge on any atom is -0.497 e. The van der Waals surface area contributed by atoms with Crippen LogP contribution >= 0.6 is 0 Å². The van der Waals surface area contributed by atoms with E-state index in [2.05, 4.69) is 10.0 Å². The molecular formula is C23H22N2O5S. The Morgan fingerprint density at radius 2 is 1.65 bits per heavy atom. The molecule has 8 heteroatoms. The van der Waals surface area contributed by atoms with E-state index < -0.39 is 10.0 Å². The first-order valence-electron chi connectivity index (χ1n) is 9.30. The number of carbonyl (C=O) groups excluding carboxylic acids is 1. The number of amides is 1. The molecule has 0 aliphatic heterocycles. The van der Waals surface area contributed by atoms with Crippen molar-refractivity contribution in [2.75, 3.05) is 24.3 Å². The summed E-state index contributed by atoms with van der Waals surface area (Å²) in [6.45, 7) is 0. The van der Waals surface area contributed by atoms with Crippen LogP contribution in [0.25, 0.3) is 6.08 Å². The van der Waals surface area contributed by atoms with Gasteiger partial charge in [-0.1, -0.05) is 30.3 Å². The summed E-state index contributed by atoms with van der Waals surface area (Å²) in [7, 11) is -0.834. The topological polar surface area (TPSA) is 93.7 Å². The molecule has 0 aliphatic rings. The van der Waals surface area contributed by atoms with E-state index >= 15 is 0 Å². The Bertz CT molecular complexity index is 1190. The molecule has 2 N–H and O–H groups in total. The average molecular weight is 439 g/mol. The Labute approximate surface area is 181 Å². The maximum atomic E-state index is 12.8. The largest absolute Gasteiger partial charge is 0.497 e. The van der Waals surface area contributed by atoms with Gasteiger partial charge in [-0.3, -0.25) is 9.52 Å². The summed E-state index contributed by atoms with van der Waals surface area (Å²) < 4.78 is 38.3. The van der Waals surface area contributed by atoms with E-state index in [9.17, 15) is 13.2 Å². The number of benzene rings is 3. The first kappa shape index (κ1) is 21.9.